The number of hydrogen-bond acceptors (Lipinski definition) is 5. The molecule has 1 aromatic rings. The largest absolute Gasteiger partial charge is 0.486 e. The SMILES string of the molecule is CCOC(COc1ccc(C)nc1CO)OCC. The molecule has 1 rings (SSSR count). The molecule has 0 unspecified atom stereocenters. The summed E-state index contributed by atoms with van der Waals surface area (Å²) in [5.74, 6) is 0.563. The summed E-state index contributed by atoms with van der Waals surface area (Å²) in [6.45, 7) is 6.92. The summed E-state index contributed by atoms with van der Waals surface area (Å²) < 4.78 is 16.3. The summed E-state index contributed by atoms with van der Waals surface area (Å²) in [5.41, 5.74) is 1.37. The maximum atomic E-state index is 9.21. The van der Waals surface area contributed by atoms with Gasteiger partial charge in [-0.05, 0) is 32.9 Å². The summed E-state index contributed by atoms with van der Waals surface area (Å²) in [6.07, 6.45) is -0.396. The third kappa shape index (κ3) is 4.60. The Morgan fingerprint density at radius 3 is 2.44 bits per heavy atom. The van der Waals surface area contributed by atoms with Crippen LogP contribution in [0.4, 0.5) is 0 Å². The van der Waals surface area contributed by atoms with Crippen LogP contribution in [-0.4, -0.2) is 36.2 Å². The monoisotopic (exact) mass is 255 g/mol. The molecule has 0 saturated carbocycles. The van der Waals surface area contributed by atoms with Crippen LogP contribution in [0, 0.1) is 6.92 Å². The van der Waals surface area contributed by atoms with E-state index in [4.69, 9.17) is 14.2 Å². The number of aliphatic hydroxyl groups excluding tert-OH is 1. The highest BCUT2D eigenvalue weighted by atomic mass is 16.7. The molecule has 1 aromatic heterocycles. The fourth-order valence-corrected chi connectivity index (χ4v) is 1.52. The Labute approximate surface area is 108 Å². The zero-order valence-electron chi connectivity index (χ0n) is 11.2. The highest BCUT2D eigenvalue weighted by molar-refractivity contribution is 5.28. The lowest BCUT2D eigenvalue weighted by atomic mass is 10.3. The minimum Gasteiger partial charge on any atom is -0.486 e. The molecular weight excluding hydrogens is 234 g/mol. The summed E-state index contributed by atoms with van der Waals surface area (Å²) in [7, 11) is 0. The smallest absolute Gasteiger partial charge is 0.191 e. The van der Waals surface area contributed by atoms with E-state index >= 15 is 0 Å². The van der Waals surface area contributed by atoms with Gasteiger partial charge in [-0.15, -0.1) is 0 Å². The van der Waals surface area contributed by atoms with E-state index in [2.05, 4.69) is 4.98 Å². The topological polar surface area (TPSA) is 60.8 Å². The number of aliphatic hydroxyl groups is 1. The van der Waals surface area contributed by atoms with Gasteiger partial charge in [0.15, 0.2) is 6.29 Å². The molecule has 0 spiro atoms. The van der Waals surface area contributed by atoms with Crippen molar-refractivity contribution < 1.29 is 19.3 Å². The molecule has 0 radical (unpaired) electrons. The Balaban J connectivity index is 2.60. The zero-order chi connectivity index (χ0) is 13.4. The second kappa shape index (κ2) is 8.02. The maximum Gasteiger partial charge on any atom is 0.191 e. The first-order valence-electron chi connectivity index (χ1n) is 6.14. The molecule has 0 bridgehead atoms. The first kappa shape index (κ1) is 14.9. The van der Waals surface area contributed by atoms with Gasteiger partial charge in [0.2, 0.25) is 0 Å². The molecule has 0 aromatic carbocycles. The average Bonchev–Trinajstić information content (AvgIpc) is 2.37. The second-order valence-electron chi connectivity index (χ2n) is 3.71. The van der Waals surface area contributed by atoms with E-state index in [9.17, 15) is 5.11 Å². The Kier molecular flexibility index (Phi) is 6.64. The minimum atomic E-state index is -0.396. The number of hydrogen-bond donors (Lipinski definition) is 1. The molecule has 1 N–H and O–H groups in total. The van der Waals surface area contributed by atoms with Gasteiger partial charge in [0, 0.05) is 18.9 Å². The van der Waals surface area contributed by atoms with Crippen molar-refractivity contribution >= 4 is 0 Å². The van der Waals surface area contributed by atoms with Crippen LogP contribution >= 0.6 is 0 Å². The predicted molar refractivity (Wildman–Crippen MR) is 67.4 cm³/mol. The molecule has 5 nitrogen and oxygen atoms in total. The maximum absolute atomic E-state index is 9.21. The van der Waals surface area contributed by atoms with E-state index in [1.807, 2.05) is 26.8 Å². The van der Waals surface area contributed by atoms with Gasteiger partial charge in [-0.25, -0.2) is 0 Å². The van der Waals surface area contributed by atoms with Crippen molar-refractivity contribution in [1.82, 2.24) is 4.98 Å². The molecule has 5 heteroatoms. The average molecular weight is 255 g/mol. The van der Waals surface area contributed by atoms with Gasteiger partial charge in [0.25, 0.3) is 0 Å². The summed E-state index contributed by atoms with van der Waals surface area (Å²) in [5, 5.41) is 9.21. The van der Waals surface area contributed by atoms with Crippen molar-refractivity contribution in [2.75, 3.05) is 19.8 Å². The second-order valence-corrected chi connectivity index (χ2v) is 3.71. The Bertz CT molecular complexity index is 351. The van der Waals surface area contributed by atoms with Crippen molar-refractivity contribution in [3.63, 3.8) is 0 Å². The van der Waals surface area contributed by atoms with E-state index in [-0.39, 0.29) is 13.2 Å². The van der Waals surface area contributed by atoms with Crippen LogP contribution in [-0.2, 0) is 16.1 Å². The molecule has 1 heterocycles. The molecule has 0 fully saturated rings. The van der Waals surface area contributed by atoms with E-state index in [0.717, 1.165) is 5.69 Å². The van der Waals surface area contributed by atoms with Crippen molar-refractivity contribution in [1.29, 1.82) is 0 Å². The first-order chi connectivity index (χ1) is 8.71. The Morgan fingerprint density at radius 1 is 1.22 bits per heavy atom. The third-order valence-electron chi connectivity index (χ3n) is 2.30. The van der Waals surface area contributed by atoms with Crippen LogP contribution in [0.25, 0.3) is 0 Å². The van der Waals surface area contributed by atoms with Crippen molar-refractivity contribution in [3.8, 4) is 5.75 Å². The molecule has 0 saturated heterocycles. The van der Waals surface area contributed by atoms with Crippen LogP contribution in [0.3, 0.4) is 0 Å². The first-order valence-corrected chi connectivity index (χ1v) is 6.14. The number of pyridine rings is 1. The Morgan fingerprint density at radius 2 is 1.89 bits per heavy atom. The highest BCUT2D eigenvalue weighted by Crippen LogP contribution is 2.17. The normalized spacial score (nSPS) is 10.9. The van der Waals surface area contributed by atoms with Gasteiger partial charge in [-0.1, -0.05) is 0 Å². The number of nitrogens with zero attached hydrogens (tertiary/aromatic N) is 1. The van der Waals surface area contributed by atoms with E-state index in [1.54, 1.807) is 6.07 Å². The standard InChI is InChI=1S/C13H21NO4/c1-4-16-13(17-5-2)9-18-12-7-6-10(3)14-11(12)8-15/h6-7,13,15H,4-5,8-9H2,1-3H3. The van der Waals surface area contributed by atoms with Gasteiger partial charge in [-0.2, -0.15) is 0 Å². The van der Waals surface area contributed by atoms with Crippen molar-refractivity contribution in [2.24, 2.45) is 0 Å². The highest BCUT2D eigenvalue weighted by Gasteiger charge is 2.11. The summed E-state index contributed by atoms with van der Waals surface area (Å²) >= 11 is 0. The molecule has 18 heavy (non-hydrogen) atoms. The van der Waals surface area contributed by atoms with Gasteiger partial charge < -0.3 is 19.3 Å². The molecule has 0 aliphatic rings. The lowest BCUT2D eigenvalue weighted by Gasteiger charge is -2.18. The van der Waals surface area contributed by atoms with E-state index < -0.39 is 6.29 Å². The molecule has 0 aliphatic heterocycles. The van der Waals surface area contributed by atoms with Crippen LogP contribution < -0.4 is 4.74 Å². The van der Waals surface area contributed by atoms with Crippen LogP contribution in [0.1, 0.15) is 25.2 Å². The lowest BCUT2D eigenvalue weighted by Crippen LogP contribution is -2.25. The predicted octanol–water partition coefficient (Wildman–Crippen LogP) is 1.66. The van der Waals surface area contributed by atoms with Crippen LogP contribution in [0.5, 0.6) is 5.75 Å². The van der Waals surface area contributed by atoms with Gasteiger partial charge in [0.05, 0.1) is 6.61 Å². The number of aryl methyl sites for hydroxylation is 1. The molecule has 0 amide bonds. The number of ether oxygens (including phenoxy) is 3. The van der Waals surface area contributed by atoms with Crippen molar-refractivity contribution in [2.45, 2.75) is 33.7 Å². The van der Waals surface area contributed by atoms with Crippen molar-refractivity contribution in [3.05, 3.63) is 23.5 Å². The fourth-order valence-electron chi connectivity index (χ4n) is 1.52. The molecule has 0 aliphatic carbocycles. The van der Waals surface area contributed by atoms with Crippen LogP contribution in [0.2, 0.25) is 0 Å². The molecule has 102 valence electrons. The number of rotatable bonds is 8. The van der Waals surface area contributed by atoms with E-state index in [0.29, 0.717) is 24.7 Å². The molecular formula is C13H21NO4. The number of aromatic nitrogens is 1. The summed E-state index contributed by atoms with van der Waals surface area (Å²) in [4.78, 5) is 4.20. The third-order valence-corrected chi connectivity index (χ3v) is 2.30. The fraction of sp³-hybridized carbons (Fsp3) is 0.615. The lowest BCUT2D eigenvalue weighted by molar-refractivity contribution is -0.152. The van der Waals surface area contributed by atoms with Gasteiger partial charge in [0.1, 0.15) is 18.1 Å². The molecule has 0 atom stereocenters. The van der Waals surface area contributed by atoms with Gasteiger partial charge in [-0.3, -0.25) is 4.98 Å². The minimum absolute atomic E-state index is 0.148. The van der Waals surface area contributed by atoms with Gasteiger partial charge >= 0.3 is 0 Å². The summed E-state index contributed by atoms with van der Waals surface area (Å²) in [6, 6.07) is 3.63. The quantitative estimate of drug-likeness (QED) is 0.716. The van der Waals surface area contributed by atoms with E-state index in [1.165, 1.54) is 0 Å². The zero-order valence-corrected chi connectivity index (χ0v) is 11.2. The van der Waals surface area contributed by atoms with Crippen LogP contribution in [0.15, 0.2) is 12.1 Å². The Hall–Kier alpha value is -1.17.